The molecule has 2 nitrogen and oxygen atoms in total. The van der Waals surface area contributed by atoms with E-state index < -0.39 is 0 Å². The zero-order valence-electron chi connectivity index (χ0n) is 24.5. The molecule has 0 fully saturated rings. The molecule has 0 saturated carbocycles. The van der Waals surface area contributed by atoms with Crippen LogP contribution in [0.5, 0.6) is 0 Å². The van der Waals surface area contributed by atoms with Crippen molar-refractivity contribution < 1.29 is 0 Å². The summed E-state index contributed by atoms with van der Waals surface area (Å²) in [5.41, 5.74) is 10.2. The Kier molecular flexibility index (Phi) is 5.31. The number of thiophene rings is 1. The highest BCUT2D eigenvalue weighted by Gasteiger charge is 2.27. The van der Waals surface area contributed by atoms with Gasteiger partial charge < -0.3 is 9.13 Å². The molecule has 9 aromatic rings. The minimum Gasteiger partial charge on any atom is -0.313 e. The predicted octanol–water partition coefficient (Wildman–Crippen LogP) is 11.4. The molecule has 0 aliphatic heterocycles. The summed E-state index contributed by atoms with van der Waals surface area (Å²) in [6.45, 7) is 0. The average Bonchev–Trinajstić information content (AvgIpc) is 3.76. The first-order chi connectivity index (χ1) is 22.3. The summed E-state index contributed by atoms with van der Waals surface area (Å²) < 4.78 is 7.66. The van der Waals surface area contributed by atoms with Crippen molar-refractivity contribution in [3.05, 3.63) is 162 Å². The SMILES string of the molecule is C1=CC(c2ccc3sc4ccccc4c3c2)Cc2c1c1c3c4ccccc4n(-c4ccccc4)c3ccc1n2-c1ccccc1. The van der Waals surface area contributed by atoms with Gasteiger partial charge in [-0.25, -0.2) is 0 Å². The fraction of sp³-hybridized carbons (Fsp3) is 0.0476. The highest BCUT2D eigenvalue weighted by Crippen LogP contribution is 2.45. The Morgan fingerprint density at radius 2 is 1.16 bits per heavy atom. The van der Waals surface area contributed by atoms with Gasteiger partial charge in [0.1, 0.15) is 0 Å². The zero-order valence-corrected chi connectivity index (χ0v) is 25.3. The van der Waals surface area contributed by atoms with Crippen LogP contribution in [0.15, 0.2) is 146 Å². The predicted molar refractivity (Wildman–Crippen MR) is 192 cm³/mol. The molecule has 1 unspecified atom stereocenters. The molecule has 45 heavy (non-hydrogen) atoms. The monoisotopic (exact) mass is 592 g/mol. The molecule has 0 radical (unpaired) electrons. The van der Waals surface area contributed by atoms with Gasteiger partial charge in [-0.15, -0.1) is 11.3 Å². The Bertz CT molecular complexity index is 2620. The van der Waals surface area contributed by atoms with E-state index in [1.54, 1.807) is 0 Å². The Hall–Kier alpha value is -5.38. The molecular formula is C42H28N2S. The molecule has 0 N–H and O–H groups in total. The van der Waals surface area contributed by atoms with E-state index >= 15 is 0 Å². The molecule has 1 atom stereocenters. The van der Waals surface area contributed by atoms with Crippen LogP contribution in [0.1, 0.15) is 22.7 Å². The van der Waals surface area contributed by atoms with Crippen molar-refractivity contribution in [1.29, 1.82) is 0 Å². The first kappa shape index (κ1) is 25.0. The molecule has 3 aromatic heterocycles. The van der Waals surface area contributed by atoms with Crippen molar-refractivity contribution in [1.82, 2.24) is 9.13 Å². The van der Waals surface area contributed by atoms with Crippen LogP contribution in [0.4, 0.5) is 0 Å². The summed E-state index contributed by atoms with van der Waals surface area (Å²) in [4.78, 5) is 0. The van der Waals surface area contributed by atoms with Gasteiger partial charge in [0.05, 0.1) is 16.6 Å². The highest BCUT2D eigenvalue weighted by molar-refractivity contribution is 7.25. The number of allylic oxidation sites excluding steroid dienone is 1. The zero-order chi connectivity index (χ0) is 29.5. The third kappa shape index (κ3) is 3.62. The Labute approximate surface area is 264 Å². The van der Waals surface area contributed by atoms with Gasteiger partial charge in [-0.2, -0.15) is 0 Å². The minimum atomic E-state index is 0.300. The van der Waals surface area contributed by atoms with Crippen LogP contribution in [-0.4, -0.2) is 9.13 Å². The number of fused-ring (bicyclic) bond motifs is 10. The number of benzene rings is 6. The largest absolute Gasteiger partial charge is 0.313 e. The minimum absolute atomic E-state index is 0.300. The van der Waals surface area contributed by atoms with Crippen LogP contribution >= 0.6 is 11.3 Å². The molecule has 0 saturated heterocycles. The van der Waals surface area contributed by atoms with E-state index in [2.05, 4.69) is 161 Å². The molecule has 0 bridgehead atoms. The number of nitrogens with zero attached hydrogens (tertiary/aromatic N) is 2. The molecule has 0 spiro atoms. The molecule has 10 rings (SSSR count). The maximum Gasteiger partial charge on any atom is 0.0548 e. The van der Waals surface area contributed by atoms with E-state index in [0.29, 0.717) is 5.92 Å². The molecule has 6 aromatic carbocycles. The molecule has 0 amide bonds. The number of hydrogen-bond acceptors (Lipinski definition) is 1. The fourth-order valence-electron chi connectivity index (χ4n) is 7.72. The number of rotatable bonds is 3. The lowest BCUT2D eigenvalue weighted by molar-refractivity contribution is 0.784. The van der Waals surface area contributed by atoms with Gasteiger partial charge in [0.25, 0.3) is 0 Å². The Morgan fingerprint density at radius 3 is 1.96 bits per heavy atom. The van der Waals surface area contributed by atoms with Crippen molar-refractivity contribution in [2.24, 2.45) is 0 Å². The lowest BCUT2D eigenvalue weighted by atomic mass is 9.87. The number of hydrogen-bond donors (Lipinski definition) is 0. The normalized spacial score (nSPS) is 14.7. The van der Waals surface area contributed by atoms with Crippen LogP contribution in [0.2, 0.25) is 0 Å². The molecule has 212 valence electrons. The topological polar surface area (TPSA) is 9.86 Å². The maximum absolute atomic E-state index is 2.52. The number of aromatic nitrogens is 2. The summed E-state index contributed by atoms with van der Waals surface area (Å²) in [7, 11) is 0. The van der Waals surface area contributed by atoms with Crippen LogP contribution < -0.4 is 0 Å². The third-order valence-corrected chi connectivity index (χ3v) is 10.8. The summed E-state index contributed by atoms with van der Waals surface area (Å²) in [6, 6.07) is 51.1. The van der Waals surface area contributed by atoms with Crippen molar-refractivity contribution in [2.75, 3.05) is 0 Å². The highest BCUT2D eigenvalue weighted by atomic mass is 32.1. The van der Waals surface area contributed by atoms with E-state index in [1.165, 1.54) is 81.1 Å². The van der Waals surface area contributed by atoms with Crippen molar-refractivity contribution in [3.63, 3.8) is 0 Å². The van der Waals surface area contributed by atoms with Gasteiger partial charge in [0.15, 0.2) is 0 Å². The molecule has 3 heteroatoms. The molecule has 1 aliphatic carbocycles. The van der Waals surface area contributed by atoms with E-state index in [-0.39, 0.29) is 0 Å². The van der Waals surface area contributed by atoms with Gasteiger partial charge in [0, 0.05) is 64.9 Å². The van der Waals surface area contributed by atoms with Gasteiger partial charge in [-0.3, -0.25) is 0 Å². The van der Waals surface area contributed by atoms with Gasteiger partial charge in [-0.05, 0) is 72.6 Å². The van der Waals surface area contributed by atoms with Crippen molar-refractivity contribution >= 4 is 70.3 Å². The quantitative estimate of drug-likeness (QED) is 0.193. The third-order valence-electron chi connectivity index (χ3n) is 9.67. The molecular weight excluding hydrogens is 565 g/mol. The van der Waals surface area contributed by atoms with Gasteiger partial charge >= 0.3 is 0 Å². The van der Waals surface area contributed by atoms with E-state index in [4.69, 9.17) is 0 Å². The summed E-state index contributed by atoms with van der Waals surface area (Å²) >= 11 is 1.89. The standard InChI is InChI=1S/C42H28N2S/c1-3-11-29(12-4-1)43-35-17-9-7-16-32(35)41-36(43)22-23-37-42(41)33-21-19-28(26-38(33)44(37)30-13-5-2-6-14-30)27-20-24-40-34(25-27)31-15-8-10-18-39(31)45-40/h1-25,28H,26H2. The van der Waals surface area contributed by atoms with Crippen LogP contribution in [0, 0.1) is 0 Å². The second kappa shape index (κ2) is 9.56. The lowest BCUT2D eigenvalue weighted by Crippen LogP contribution is -2.09. The second-order valence-electron chi connectivity index (χ2n) is 12.1. The number of para-hydroxylation sites is 3. The molecule has 1 aliphatic rings. The van der Waals surface area contributed by atoms with Crippen LogP contribution in [-0.2, 0) is 6.42 Å². The first-order valence-electron chi connectivity index (χ1n) is 15.6. The lowest BCUT2D eigenvalue weighted by Gasteiger charge is -2.21. The summed E-state index contributed by atoms with van der Waals surface area (Å²) in [6.07, 6.45) is 5.80. The van der Waals surface area contributed by atoms with Gasteiger partial charge in [0.2, 0.25) is 0 Å². The Balaban J connectivity index is 1.24. The fourth-order valence-corrected chi connectivity index (χ4v) is 8.81. The van der Waals surface area contributed by atoms with E-state index in [0.717, 1.165) is 6.42 Å². The maximum atomic E-state index is 2.52. The second-order valence-corrected chi connectivity index (χ2v) is 13.2. The first-order valence-corrected chi connectivity index (χ1v) is 16.4. The van der Waals surface area contributed by atoms with Crippen LogP contribution in [0.3, 0.4) is 0 Å². The van der Waals surface area contributed by atoms with Crippen molar-refractivity contribution in [3.8, 4) is 11.4 Å². The molecule has 3 heterocycles. The van der Waals surface area contributed by atoms with E-state index in [1.807, 2.05) is 11.3 Å². The summed E-state index contributed by atoms with van der Waals surface area (Å²) in [5.74, 6) is 0.300. The summed E-state index contributed by atoms with van der Waals surface area (Å²) in [5, 5.41) is 6.68. The van der Waals surface area contributed by atoms with E-state index in [9.17, 15) is 0 Å². The smallest absolute Gasteiger partial charge is 0.0548 e. The van der Waals surface area contributed by atoms with Gasteiger partial charge in [-0.1, -0.05) is 91.0 Å². The van der Waals surface area contributed by atoms with Crippen LogP contribution in [0.25, 0.3) is 70.3 Å². The van der Waals surface area contributed by atoms with Crippen molar-refractivity contribution in [2.45, 2.75) is 12.3 Å². The Morgan fingerprint density at radius 1 is 0.511 bits per heavy atom. The average molecular weight is 593 g/mol.